The lowest BCUT2D eigenvalue weighted by molar-refractivity contribution is -0.0373. The molecule has 2 unspecified atom stereocenters. The standard InChI is InChI=1S/C21H27NO/c1-16-11-12-18(14-17(16)2)15-23-20-10-6-7-13-21(20,22)19-8-4-3-5-9-19/h3-5,8-9,11-12,14,20H,6-7,10,13,15,22H2,1-2H3. The summed E-state index contributed by atoms with van der Waals surface area (Å²) in [5.41, 5.74) is 11.5. The van der Waals surface area contributed by atoms with Crippen LogP contribution in [0.25, 0.3) is 0 Å². The minimum Gasteiger partial charge on any atom is -0.371 e. The van der Waals surface area contributed by atoms with Crippen molar-refractivity contribution in [3.63, 3.8) is 0 Å². The number of ether oxygens (including phenoxy) is 1. The molecule has 23 heavy (non-hydrogen) atoms. The first-order chi connectivity index (χ1) is 11.1. The smallest absolute Gasteiger partial charge is 0.0800 e. The Hall–Kier alpha value is -1.64. The Labute approximate surface area is 139 Å². The van der Waals surface area contributed by atoms with Crippen molar-refractivity contribution in [2.45, 2.75) is 57.8 Å². The van der Waals surface area contributed by atoms with Gasteiger partial charge in [-0.2, -0.15) is 0 Å². The second kappa shape index (κ2) is 6.86. The molecule has 2 aromatic rings. The molecule has 122 valence electrons. The molecule has 2 atom stereocenters. The molecule has 0 radical (unpaired) electrons. The van der Waals surface area contributed by atoms with Gasteiger partial charge in [-0.1, -0.05) is 61.4 Å². The van der Waals surface area contributed by atoms with Gasteiger partial charge in [0, 0.05) is 0 Å². The highest BCUT2D eigenvalue weighted by Gasteiger charge is 2.39. The Balaban J connectivity index is 1.75. The van der Waals surface area contributed by atoms with Gasteiger partial charge in [0.25, 0.3) is 0 Å². The zero-order chi connectivity index (χ0) is 16.3. The summed E-state index contributed by atoms with van der Waals surface area (Å²) in [6.45, 7) is 4.93. The van der Waals surface area contributed by atoms with Crippen LogP contribution in [0.5, 0.6) is 0 Å². The fourth-order valence-corrected chi connectivity index (χ4v) is 3.57. The zero-order valence-corrected chi connectivity index (χ0v) is 14.2. The van der Waals surface area contributed by atoms with E-state index in [1.165, 1.54) is 35.1 Å². The molecule has 2 nitrogen and oxygen atoms in total. The third-order valence-electron chi connectivity index (χ3n) is 5.22. The zero-order valence-electron chi connectivity index (χ0n) is 14.2. The fraction of sp³-hybridized carbons (Fsp3) is 0.429. The molecule has 0 bridgehead atoms. The second-order valence-electron chi connectivity index (χ2n) is 6.87. The predicted molar refractivity (Wildman–Crippen MR) is 95.3 cm³/mol. The summed E-state index contributed by atoms with van der Waals surface area (Å²) >= 11 is 0. The molecule has 0 amide bonds. The normalized spacial score (nSPS) is 24.6. The van der Waals surface area contributed by atoms with Crippen LogP contribution in [0.15, 0.2) is 48.5 Å². The maximum absolute atomic E-state index is 6.82. The van der Waals surface area contributed by atoms with E-state index in [0.717, 1.165) is 12.8 Å². The predicted octanol–water partition coefficient (Wildman–Crippen LogP) is 4.62. The number of aryl methyl sites for hydroxylation is 2. The fourth-order valence-electron chi connectivity index (χ4n) is 3.57. The Kier molecular flexibility index (Phi) is 4.84. The van der Waals surface area contributed by atoms with E-state index < -0.39 is 0 Å². The van der Waals surface area contributed by atoms with Crippen molar-refractivity contribution in [3.05, 3.63) is 70.8 Å². The van der Waals surface area contributed by atoms with E-state index in [1.54, 1.807) is 0 Å². The van der Waals surface area contributed by atoms with Gasteiger partial charge in [-0.3, -0.25) is 0 Å². The minimum absolute atomic E-state index is 0.0836. The van der Waals surface area contributed by atoms with Gasteiger partial charge < -0.3 is 10.5 Å². The highest BCUT2D eigenvalue weighted by Crippen LogP contribution is 2.37. The first-order valence-corrected chi connectivity index (χ1v) is 8.62. The van der Waals surface area contributed by atoms with Crippen molar-refractivity contribution < 1.29 is 4.74 Å². The largest absolute Gasteiger partial charge is 0.371 e. The van der Waals surface area contributed by atoms with E-state index in [9.17, 15) is 0 Å². The Bertz CT molecular complexity index is 652. The van der Waals surface area contributed by atoms with Crippen LogP contribution in [0.2, 0.25) is 0 Å². The van der Waals surface area contributed by atoms with Crippen LogP contribution in [0.3, 0.4) is 0 Å². The molecule has 1 aliphatic carbocycles. The first kappa shape index (κ1) is 16.2. The van der Waals surface area contributed by atoms with Crippen LogP contribution < -0.4 is 5.73 Å². The summed E-state index contributed by atoms with van der Waals surface area (Å²) in [7, 11) is 0. The van der Waals surface area contributed by atoms with Crippen molar-refractivity contribution in [2.24, 2.45) is 5.73 Å². The van der Waals surface area contributed by atoms with E-state index in [2.05, 4.69) is 56.3 Å². The summed E-state index contributed by atoms with van der Waals surface area (Å²) in [6.07, 6.45) is 4.49. The van der Waals surface area contributed by atoms with Crippen molar-refractivity contribution in [3.8, 4) is 0 Å². The molecular formula is C21H27NO. The molecule has 0 saturated heterocycles. The lowest BCUT2D eigenvalue weighted by Crippen LogP contribution is -2.51. The average molecular weight is 309 g/mol. The topological polar surface area (TPSA) is 35.2 Å². The van der Waals surface area contributed by atoms with Crippen molar-refractivity contribution in [2.75, 3.05) is 0 Å². The van der Waals surface area contributed by atoms with Gasteiger partial charge in [-0.15, -0.1) is 0 Å². The lowest BCUT2D eigenvalue weighted by atomic mass is 9.75. The molecule has 2 aromatic carbocycles. The number of rotatable bonds is 4. The van der Waals surface area contributed by atoms with Crippen molar-refractivity contribution in [1.82, 2.24) is 0 Å². The molecular weight excluding hydrogens is 282 g/mol. The Morgan fingerprint density at radius 3 is 2.57 bits per heavy atom. The monoisotopic (exact) mass is 309 g/mol. The van der Waals surface area contributed by atoms with Crippen LogP contribution >= 0.6 is 0 Å². The van der Waals surface area contributed by atoms with E-state index in [0.29, 0.717) is 6.61 Å². The number of hydrogen-bond acceptors (Lipinski definition) is 2. The summed E-state index contributed by atoms with van der Waals surface area (Å²) in [4.78, 5) is 0. The number of nitrogens with two attached hydrogens (primary N) is 1. The summed E-state index contributed by atoms with van der Waals surface area (Å²) in [5, 5.41) is 0. The molecule has 3 rings (SSSR count). The van der Waals surface area contributed by atoms with Gasteiger partial charge in [0.2, 0.25) is 0 Å². The Morgan fingerprint density at radius 2 is 1.83 bits per heavy atom. The average Bonchev–Trinajstić information content (AvgIpc) is 2.58. The second-order valence-corrected chi connectivity index (χ2v) is 6.87. The van der Waals surface area contributed by atoms with E-state index in [4.69, 9.17) is 10.5 Å². The summed E-state index contributed by atoms with van der Waals surface area (Å²) in [6, 6.07) is 17.0. The van der Waals surface area contributed by atoms with E-state index in [1.807, 2.05) is 6.07 Å². The molecule has 1 saturated carbocycles. The summed E-state index contributed by atoms with van der Waals surface area (Å²) < 4.78 is 6.31. The van der Waals surface area contributed by atoms with Gasteiger partial charge in [0.15, 0.2) is 0 Å². The minimum atomic E-state index is -0.362. The third kappa shape index (κ3) is 3.49. The highest BCUT2D eigenvalue weighted by atomic mass is 16.5. The van der Waals surface area contributed by atoms with Crippen LogP contribution in [-0.2, 0) is 16.9 Å². The van der Waals surface area contributed by atoms with Gasteiger partial charge in [0.1, 0.15) is 0 Å². The van der Waals surface area contributed by atoms with Gasteiger partial charge in [0.05, 0.1) is 18.2 Å². The number of benzene rings is 2. The van der Waals surface area contributed by atoms with Crippen LogP contribution in [0.4, 0.5) is 0 Å². The SMILES string of the molecule is Cc1ccc(COC2CCCCC2(N)c2ccccc2)cc1C. The molecule has 0 aliphatic heterocycles. The lowest BCUT2D eigenvalue weighted by Gasteiger charge is -2.41. The highest BCUT2D eigenvalue weighted by molar-refractivity contribution is 5.30. The number of hydrogen-bond donors (Lipinski definition) is 1. The van der Waals surface area contributed by atoms with Gasteiger partial charge >= 0.3 is 0 Å². The maximum atomic E-state index is 6.82. The molecule has 1 aliphatic rings. The van der Waals surface area contributed by atoms with Crippen molar-refractivity contribution >= 4 is 0 Å². The molecule has 2 heteroatoms. The molecule has 0 heterocycles. The van der Waals surface area contributed by atoms with Crippen LogP contribution in [0, 0.1) is 13.8 Å². The van der Waals surface area contributed by atoms with E-state index in [-0.39, 0.29) is 11.6 Å². The molecule has 0 aromatic heterocycles. The Morgan fingerprint density at radius 1 is 1.04 bits per heavy atom. The van der Waals surface area contributed by atoms with Crippen LogP contribution in [-0.4, -0.2) is 6.10 Å². The maximum Gasteiger partial charge on any atom is 0.0800 e. The quantitative estimate of drug-likeness (QED) is 0.894. The van der Waals surface area contributed by atoms with Gasteiger partial charge in [-0.25, -0.2) is 0 Å². The third-order valence-corrected chi connectivity index (χ3v) is 5.22. The molecule has 1 fully saturated rings. The summed E-state index contributed by atoms with van der Waals surface area (Å²) in [5.74, 6) is 0. The molecule has 0 spiro atoms. The molecule has 2 N–H and O–H groups in total. The van der Waals surface area contributed by atoms with Gasteiger partial charge in [-0.05, 0) is 48.9 Å². The van der Waals surface area contributed by atoms with E-state index >= 15 is 0 Å². The van der Waals surface area contributed by atoms with Crippen molar-refractivity contribution in [1.29, 1.82) is 0 Å². The van der Waals surface area contributed by atoms with Crippen LogP contribution in [0.1, 0.15) is 47.9 Å². The first-order valence-electron chi connectivity index (χ1n) is 8.62.